The largest absolute Gasteiger partial charge is 0.494 e. The quantitative estimate of drug-likeness (QED) is 0.273. The average Bonchev–Trinajstić information content (AvgIpc) is 2.72. The number of hydrogen-bond acceptors (Lipinski definition) is 6. The lowest BCUT2D eigenvalue weighted by Gasteiger charge is -2.18. The zero-order chi connectivity index (χ0) is 24.0. The Morgan fingerprint density at radius 3 is 2.39 bits per heavy atom. The molecule has 0 saturated carbocycles. The molecular formula is C22H19F3N4O3S. The van der Waals surface area contributed by atoms with Crippen molar-refractivity contribution in [2.45, 2.75) is 6.18 Å². The van der Waals surface area contributed by atoms with Gasteiger partial charge in [-0.3, -0.25) is 4.72 Å². The number of anilines is 4. The van der Waals surface area contributed by atoms with E-state index < -0.39 is 27.5 Å². The summed E-state index contributed by atoms with van der Waals surface area (Å²) >= 11 is 0. The van der Waals surface area contributed by atoms with E-state index in [-0.39, 0.29) is 5.52 Å². The van der Waals surface area contributed by atoms with E-state index in [4.69, 9.17) is 10.5 Å². The maximum absolute atomic E-state index is 13.4. The molecule has 0 atom stereocenters. The molecule has 0 aliphatic carbocycles. The van der Waals surface area contributed by atoms with Gasteiger partial charge in [0.15, 0.2) is 0 Å². The number of ether oxygens (including phenoxy) is 1. The van der Waals surface area contributed by atoms with Crippen molar-refractivity contribution in [3.8, 4) is 5.75 Å². The number of hydrogen-bond donors (Lipinski definition) is 3. The fraction of sp³-hybridized carbons (Fsp3) is 0.136. The van der Waals surface area contributed by atoms with Crippen LogP contribution in [0.2, 0.25) is 0 Å². The van der Waals surface area contributed by atoms with Crippen LogP contribution in [0, 0.1) is 0 Å². The van der Waals surface area contributed by atoms with Crippen molar-refractivity contribution in [3.05, 3.63) is 60.2 Å². The SMILES string of the molecule is COc1cc(NS(C)(=O)=O)ccc1Nc1c2ccccc2nc2cc(C(F)(F)F)c(N)cc12. The number of halogens is 3. The number of alkyl halides is 3. The van der Waals surface area contributed by atoms with E-state index in [1.165, 1.54) is 25.3 Å². The van der Waals surface area contributed by atoms with Crippen molar-refractivity contribution >= 4 is 54.6 Å². The van der Waals surface area contributed by atoms with Gasteiger partial charge in [0.25, 0.3) is 0 Å². The Balaban J connectivity index is 1.92. The lowest BCUT2D eigenvalue weighted by Crippen LogP contribution is -2.10. The maximum Gasteiger partial charge on any atom is 0.418 e. The normalized spacial score (nSPS) is 12.2. The van der Waals surface area contributed by atoms with Crippen LogP contribution in [0.4, 0.5) is 35.9 Å². The minimum atomic E-state index is -4.62. The van der Waals surface area contributed by atoms with Gasteiger partial charge >= 0.3 is 6.18 Å². The van der Waals surface area contributed by atoms with E-state index in [0.717, 1.165) is 12.3 Å². The molecule has 3 aromatic carbocycles. The highest BCUT2D eigenvalue weighted by molar-refractivity contribution is 7.92. The molecule has 0 aliphatic heterocycles. The maximum atomic E-state index is 13.4. The Morgan fingerprint density at radius 1 is 1.00 bits per heavy atom. The molecule has 0 spiro atoms. The van der Waals surface area contributed by atoms with Gasteiger partial charge in [-0.2, -0.15) is 13.2 Å². The van der Waals surface area contributed by atoms with Gasteiger partial charge in [0.2, 0.25) is 10.0 Å². The Labute approximate surface area is 187 Å². The molecule has 0 radical (unpaired) electrons. The van der Waals surface area contributed by atoms with Crippen LogP contribution in [0.5, 0.6) is 5.75 Å². The number of nitrogen functional groups attached to an aromatic ring is 1. The molecule has 7 nitrogen and oxygen atoms in total. The summed E-state index contributed by atoms with van der Waals surface area (Å²) in [6.45, 7) is 0. The number of methoxy groups -OCH3 is 1. The van der Waals surface area contributed by atoms with E-state index >= 15 is 0 Å². The predicted molar refractivity (Wildman–Crippen MR) is 123 cm³/mol. The van der Waals surface area contributed by atoms with Crippen molar-refractivity contribution < 1.29 is 26.3 Å². The van der Waals surface area contributed by atoms with Gasteiger partial charge < -0.3 is 15.8 Å². The van der Waals surface area contributed by atoms with E-state index in [1.54, 1.807) is 30.3 Å². The van der Waals surface area contributed by atoms with Crippen LogP contribution < -0.4 is 20.5 Å². The van der Waals surface area contributed by atoms with Crippen molar-refractivity contribution in [1.29, 1.82) is 0 Å². The number of para-hydroxylation sites is 1. The fourth-order valence-corrected chi connectivity index (χ4v) is 4.10. The first kappa shape index (κ1) is 22.5. The standard InChI is InChI=1S/C22H19F3N4O3S/c1-32-20-9-12(29-33(2,30)31)7-8-18(20)28-21-13-5-3-4-6-17(13)27-19-11-15(22(23,24)25)16(26)10-14(19)21/h3-11,29H,26H2,1-2H3,(H,27,28). The third kappa shape index (κ3) is 4.58. The molecule has 0 fully saturated rings. The molecule has 4 N–H and O–H groups in total. The van der Waals surface area contributed by atoms with Gasteiger partial charge in [-0.1, -0.05) is 18.2 Å². The van der Waals surface area contributed by atoms with Crippen LogP contribution >= 0.6 is 0 Å². The molecule has 0 saturated heterocycles. The molecular weight excluding hydrogens is 457 g/mol. The molecule has 0 bridgehead atoms. The van der Waals surface area contributed by atoms with Crippen LogP contribution in [0.1, 0.15) is 5.56 Å². The predicted octanol–water partition coefficient (Wildman–Crippen LogP) is 5.11. The van der Waals surface area contributed by atoms with Crippen molar-refractivity contribution in [3.63, 3.8) is 0 Å². The first-order chi connectivity index (χ1) is 15.5. The Kier molecular flexibility index (Phi) is 5.44. The van der Waals surface area contributed by atoms with Gasteiger partial charge in [0.1, 0.15) is 5.75 Å². The summed E-state index contributed by atoms with van der Waals surface area (Å²) in [5.41, 5.74) is 6.21. The van der Waals surface area contributed by atoms with E-state index in [0.29, 0.717) is 39.1 Å². The van der Waals surface area contributed by atoms with E-state index in [9.17, 15) is 21.6 Å². The number of pyridine rings is 1. The number of aromatic nitrogens is 1. The van der Waals surface area contributed by atoms with Crippen molar-refractivity contribution in [2.75, 3.05) is 29.1 Å². The summed E-state index contributed by atoms with van der Waals surface area (Å²) < 4.78 is 71.0. The molecule has 33 heavy (non-hydrogen) atoms. The van der Waals surface area contributed by atoms with Crippen molar-refractivity contribution in [1.82, 2.24) is 4.98 Å². The van der Waals surface area contributed by atoms with Crippen LogP contribution in [0.25, 0.3) is 21.8 Å². The lowest BCUT2D eigenvalue weighted by molar-refractivity contribution is -0.136. The highest BCUT2D eigenvalue weighted by atomic mass is 32.2. The molecule has 0 unspecified atom stereocenters. The van der Waals surface area contributed by atoms with Crippen LogP contribution in [0.3, 0.4) is 0 Å². The fourth-order valence-electron chi connectivity index (χ4n) is 3.54. The highest BCUT2D eigenvalue weighted by Crippen LogP contribution is 2.41. The van der Waals surface area contributed by atoms with E-state index in [1.807, 2.05) is 0 Å². The molecule has 4 rings (SSSR count). The van der Waals surface area contributed by atoms with Gasteiger partial charge in [0.05, 0.1) is 47.0 Å². The van der Waals surface area contributed by atoms with Gasteiger partial charge in [-0.05, 0) is 30.3 Å². The number of fused-ring (bicyclic) bond motifs is 2. The third-order valence-electron chi connectivity index (χ3n) is 4.92. The number of nitrogens with one attached hydrogen (secondary N) is 2. The number of benzene rings is 3. The zero-order valence-electron chi connectivity index (χ0n) is 17.5. The second kappa shape index (κ2) is 8.00. The molecule has 1 heterocycles. The van der Waals surface area contributed by atoms with E-state index in [2.05, 4.69) is 15.0 Å². The summed E-state index contributed by atoms with van der Waals surface area (Å²) in [6, 6.07) is 13.8. The first-order valence-electron chi connectivity index (χ1n) is 9.58. The third-order valence-corrected chi connectivity index (χ3v) is 5.53. The lowest BCUT2D eigenvalue weighted by atomic mass is 10.0. The molecule has 1 aromatic heterocycles. The molecule has 0 amide bonds. The highest BCUT2D eigenvalue weighted by Gasteiger charge is 2.33. The van der Waals surface area contributed by atoms with Gasteiger partial charge in [-0.15, -0.1) is 0 Å². The molecule has 11 heteroatoms. The second-order valence-corrected chi connectivity index (χ2v) is 9.12. The number of rotatable bonds is 5. The Hall–Kier alpha value is -3.73. The van der Waals surface area contributed by atoms with Crippen LogP contribution in [0.15, 0.2) is 54.6 Å². The van der Waals surface area contributed by atoms with Gasteiger partial charge in [0, 0.05) is 22.5 Å². The summed E-state index contributed by atoms with van der Waals surface area (Å²) in [5.74, 6) is 0.317. The topological polar surface area (TPSA) is 106 Å². The monoisotopic (exact) mass is 476 g/mol. The summed E-state index contributed by atoms with van der Waals surface area (Å²) in [6.07, 6.45) is -3.59. The number of nitrogens with two attached hydrogens (primary N) is 1. The number of nitrogens with zero attached hydrogens (tertiary/aromatic N) is 1. The summed E-state index contributed by atoms with van der Waals surface area (Å²) in [4.78, 5) is 4.39. The Morgan fingerprint density at radius 2 is 1.73 bits per heavy atom. The molecule has 4 aromatic rings. The number of sulfonamides is 1. The molecule has 172 valence electrons. The minimum Gasteiger partial charge on any atom is -0.494 e. The second-order valence-electron chi connectivity index (χ2n) is 7.37. The summed E-state index contributed by atoms with van der Waals surface area (Å²) in [7, 11) is -2.07. The zero-order valence-corrected chi connectivity index (χ0v) is 18.3. The first-order valence-corrected chi connectivity index (χ1v) is 11.5. The minimum absolute atomic E-state index is 0.118. The van der Waals surface area contributed by atoms with Gasteiger partial charge in [-0.25, -0.2) is 13.4 Å². The van der Waals surface area contributed by atoms with Crippen molar-refractivity contribution in [2.24, 2.45) is 0 Å². The summed E-state index contributed by atoms with van der Waals surface area (Å²) in [5, 5.41) is 4.25. The average molecular weight is 476 g/mol. The van der Waals surface area contributed by atoms with Crippen LogP contribution in [-0.2, 0) is 16.2 Å². The molecule has 0 aliphatic rings. The smallest absolute Gasteiger partial charge is 0.418 e. The van der Waals surface area contributed by atoms with Crippen LogP contribution in [-0.4, -0.2) is 26.8 Å². The Bertz CT molecular complexity index is 1490.